The number of hydrogen-bond donors (Lipinski definition) is 0. The Morgan fingerprint density at radius 1 is 1.75 bits per heavy atom. The molecule has 0 saturated heterocycles. The number of nitrogens with zero attached hydrogens (tertiary/aromatic N) is 3. The van der Waals surface area contributed by atoms with E-state index in [9.17, 15) is 0 Å². The maximum absolute atomic E-state index is 3.72. The maximum Gasteiger partial charge on any atom is 0.0592 e. The molecular formula is C5H11N3. The molecule has 0 aliphatic heterocycles. The molecule has 0 atom stereocenters. The minimum absolute atomic E-state index is 0.720. The summed E-state index contributed by atoms with van der Waals surface area (Å²) in [5, 5.41) is 8.98. The third-order valence-electron chi connectivity index (χ3n) is 0.610. The molecule has 0 aromatic rings. The summed E-state index contributed by atoms with van der Waals surface area (Å²) in [6.45, 7) is 6.14. The lowest BCUT2D eigenvalue weighted by Gasteiger charge is -1.99. The van der Waals surface area contributed by atoms with Crippen molar-refractivity contribution in [3.8, 4) is 0 Å². The van der Waals surface area contributed by atoms with Crippen molar-refractivity contribution < 1.29 is 0 Å². The predicted molar refractivity (Wildman–Crippen MR) is 33.4 cm³/mol. The zero-order chi connectivity index (χ0) is 6.41. The van der Waals surface area contributed by atoms with E-state index in [4.69, 9.17) is 0 Å². The van der Waals surface area contributed by atoms with E-state index in [1.807, 2.05) is 6.92 Å². The van der Waals surface area contributed by atoms with Crippen LogP contribution in [0.1, 0.15) is 6.92 Å². The van der Waals surface area contributed by atoms with E-state index in [0.29, 0.717) is 0 Å². The smallest absolute Gasteiger partial charge is 0.0592 e. The molecule has 46 valence electrons. The third kappa shape index (κ3) is 3.33. The molecule has 0 N–H and O–H groups in total. The molecule has 0 spiro atoms. The second-order valence-electron chi connectivity index (χ2n) is 1.30. The Labute approximate surface area is 49.7 Å². The topological polar surface area (TPSA) is 28.0 Å². The fraction of sp³-hybridized carbons (Fsp3) is 0.600. The van der Waals surface area contributed by atoms with Gasteiger partial charge in [0, 0.05) is 13.2 Å². The fourth-order valence-corrected chi connectivity index (χ4v) is 0.200. The monoisotopic (exact) mass is 113 g/mol. The molecule has 0 saturated carbocycles. The van der Waals surface area contributed by atoms with Gasteiger partial charge in [-0.15, -0.1) is 0 Å². The lowest BCUT2D eigenvalue weighted by Crippen LogP contribution is -1.97. The molecule has 0 amide bonds. The highest BCUT2D eigenvalue weighted by Crippen LogP contribution is 1.82. The predicted octanol–water partition coefficient (Wildman–Crippen LogP) is 1.45. The van der Waals surface area contributed by atoms with Gasteiger partial charge in [0.2, 0.25) is 0 Å². The largest absolute Gasteiger partial charge is 0.258 e. The van der Waals surface area contributed by atoms with Gasteiger partial charge in [0.1, 0.15) is 0 Å². The molecule has 3 heteroatoms. The van der Waals surface area contributed by atoms with Crippen LogP contribution in [0.25, 0.3) is 0 Å². The van der Waals surface area contributed by atoms with Gasteiger partial charge < -0.3 is 0 Å². The zero-order valence-electron chi connectivity index (χ0n) is 5.33. The van der Waals surface area contributed by atoms with Crippen LogP contribution in [-0.4, -0.2) is 18.6 Å². The highest BCUT2D eigenvalue weighted by atomic mass is 15.5. The van der Waals surface area contributed by atoms with Crippen molar-refractivity contribution in [2.75, 3.05) is 13.6 Å². The molecular weight excluding hydrogens is 102 g/mol. The van der Waals surface area contributed by atoms with Crippen LogP contribution >= 0.6 is 0 Å². The van der Waals surface area contributed by atoms with Gasteiger partial charge in [0.15, 0.2) is 0 Å². The maximum atomic E-state index is 3.72. The zero-order valence-corrected chi connectivity index (χ0v) is 5.33. The van der Waals surface area contributed by atoms with Gasteiger partial charge in [-0.3, -0.25) is 5.01 Å². The van der Waals surface area contributed by atoms with Gasteiger partial charge >= 0.3 is 0 Å². The molecule has 0 aromatic carbocycles. The highest BCUT2D eigenvalue weighted by molar-refractivity contribution is 4.59. The summed E-state index contributed by atoms with van der Waals surface area (Å²) in [5.74, 6) is 0. The molecule has 3 nitrogen and oxygen atoms in total. The van der Waals surface area contributed by atoms with Crippen molar-refractivity contribution in [2.45, 2.75) is 6.92 Å². The quantitative estimate of drug-likeness (QED) is 0.402. The summed E-state index contributed by atoms with van der Waals surface area (Å²) in [7, 11) is 1.78. The van der Waals surface area contributed by atoms with E-state index in [2.05, 4.69) is 16.9 Å². The summed E-state index contributed by atoms with van der Waals surface area (Å²) < 4.78 is 0. The molecule has 0 aliphatic carbocycles. The molecule has 0 aliphatic rings. The summed E-state index contributed by atoms with van der Waals surface area (Å²) in [4.78, 5) is 0. The first-order valence-corrected chi connectivity index (χ1v) is 2.54. The Balaban J connectivity index is 3.35. The van der Waals surface area contributed by atoms with Crippen LogP contribution in [0.5, 0.6) is 0 Å². The molecule has 8 heavy (non-hydrogen) atoms. The van der Waals surface area contributed by atoms with Crippen LogP contribution < -0.4 is 0 Å². The average Bonchev–Trinajstić information content (AvgIpc) is 1.83. The van der Waals surface area contributed by atoms with Crippen molar-refractivity contribution in [3.63, 3.8) is 0 Å². The van der Waals surface area contributed by atoms with Gasteiger partial charge in [-0.25, -0.2) is 0 Å². The van der Waals surface area contributed by atoms with Crippen LogP contribution in [0.15, 0.2) is 23.1 Å². The second kappa shape index (κ2) is 4.30. The molecule has 0 bridgehead atoms. The van der Waals surface area contributed by atoms with Crippen molar-refractivity contribution in [1.29, 1.82) is 0 Å². The Hall–Kier alpha value is -0.860. The van der Waals surface area contributed by atoms with Crippen molar-refractivity contribution >= 4 is 0 Å². The van der Waals surface area contributed by atoms with Gasteiger partial charge in [0.05, 0.1) is 6.54 Å². The Morgan fingerprint density at radius 2 is 2.38 bits per heavy atom. The standard InChI is InChI=1S/C5H11N3/c1-4-6-7-8(3)5-2/h5H,2,4H2,1,3H3/b7-6-. The average molecular weight is 113 g/mol. The first kappa shape index (κ1) is 7.14. The molecule has 0 rings (SSSR count). The van der Waals surface area contributed by atoms with Crippen molar-refractivity contribution in [1.82, 2.24) is 5.01 Å². The summed E-state index contributed by atoms with van der Waals surface area (Å²) in [5.41, 5.74) is 0. The summed E-state index contributed by atoms with van der Waals surface area (Å²) in [6.07, 6.45) is 1.60. The molecule has 0 aromatic heterocycles. The van der Waals surface area contributed by atoms with E-state index in [0.717, 1.165) is 6.54 Å². The number of hydrogen-bond acceptors (Lipinski definition) is 2. The highest BCUT2D eigenvalue weighted by Gasteiger charge is 1.76. The van der Waals surface area contributed by atoms with Crippen molar-refractivity contribution in [2.24, 2.45) is 10.3 Å². The first-order chi connectivity index (χ1) is 3.81. The van der Waals surface area contributed by atoms with Crippen LogP contribution in [0.3, 0.4) is 0 Å². The van der Waals surface area contributed by atoms with E-state index in [1.54, 1.807) is 18.3 Å². The summed E-state index contributed by atoms with van der Waals surface area (Å²) in [6, 6.07) is 0. The molecule has 0 unspecified atom stereocenters. The van der Waals surface area contributed by atoms with E-state index < -0.39 is 0 Å². The minimum atomic E-state index is 0.720. The van der Waals surface area contributed by atoms with E-state index >= 15 is 0 Å². The Morgan fingerprint density at radius 3 is 2.75 bits per heavy atom. The molecule has 0 fully saturated rings. The lowest BCUT2D eigenvalue weighted by atomic mass is 10.8. The van der Waals surface area contributed by atoms with Gasteiger partial charge in [-0.1, -0.05) is 11.8 Å². The third-order valence-corrected chi connectivity index (χ3v) is 0.610. The van der Waals surface area contributed by atoms with Crippen molar-refractivity contribution in [3.05, 3.63) is 12.8 Å². The van der Waals surface area contributed by atoms with Crippen LogP contribution in [0.2, 0.25) is 0 Å². The van der Waals surface area contributed by atoms with Crippen LogP contribution in [0.4, 0.5) is 0 Å². The fourth-order valence-electron chi connectivity index (χ4n) is 0.200. The van der Waals surface area contributed by atoms with Crippen LogP contribution in [0, 0.1) is 0 Å². The SMILES string of the molecule is C=CN(C)/N=N\CC. The summed E-state index contributed by atoms with van der Waals surface area (Å²) >= 11 is 0. The normalized spacial score (nSPS) is 9.75. The van der Waals surface area contributed by atoms with Crippen LogP contribution in [-0.2, 0) is 0 Å². The van der Waals surface area contributed by atoms with Gasteiger partial charge in [0.25, 0.3) is 0 Å². The number of rotatable bonds is 3. The molecule has 0 heterocycles. The minimum Gasteiger partial charge on any atom is -0.258 e. The Bertz CT molecular complexity index is 87.7. The van der Waals surface area contributed by atoms with E-state index in [-0.39, 0.29) is 0 Å². The van der Waals surface area contributed by atoms with Gasteiger partial charge in [-0.2, -0.15) is 5.11 Å². The molecule has 0 radical (unpaired) electrons. The van der Waals surface area contributed by atoms with E-state index in [1.165, 1.54) is 0 Å². The van der Waals surface area contributed by atoms with Gasteiger partial charge in [-0.05, 0) is 6.92 Å². The first-order valence-electron chi connectivity index (χ1n) is 2.54. The second-order valence-corrected chi connectivity index (χ2v) is 1.30. The Kier molecular flexibility index (Phi) is 3.84. The lowest BCUT2D eigenvalue weighted by molar-refractivity contribution is 0.448.